The summed E-state index contributed by atoms with van der Waals surface area (Å²) < 4.78 is 7.08. The summed E-state index contributed by atoms with van der Waals surface area (Å²) in [7, 11) is 0. The van der Waals surface area contributed by atoms with Gasteiger partial charge in [0.25, 0.3) is 0 Å². The zero-order valence-corrected chi connectivity index (χ0v) is 15.6. The molecule has 126 valence electrons. The Bertz CT molecular complexity index is 565. The standard InChI is InChI=1S/C18H22BrNO2.ClH/c19-15-4-2-14(3-5-15)18(8-1-9-18)17(21)22-16-12-20-10-6-13(16)7-11-20;/h2-5,13,16H,1,6-12H2;1H. The second-order valence-electron chi connectivity index (χ2n) is 7.02. The maximum Gasteiger partial charge on any atom is 0.316 e. The Labute approximate surface area is 152 Å². The predicted octanol–water partition coefficient (Wildman–Crippen LogP) is 3.93. The smallest absolute Gasteiger partial charge is 0.316 e. The van der Waals surface area contributed by atoms with Gasteiger partial charge in [0.1, 0.15) is 6.10 Å². The fourth-order valence-electron chi connectivity index (χ4n) is 4.20. The number of fused-ring (bicyclic) bond motifs is 3. The van der Waals surface area contributed by atoms with Gasteiger partial charge >= 0.3 is 5.97 Å². The Balaban J connectivity index is 0.00000156. The summed E-state index contributed by atoms with van der Waals surface area (Å²) in [5.41, 5.74) is 0.737. The second kappa shape index (κ2) is 6.73. The molecule has 4 fully saturated rings. The molecule has 0 N–H and O–H groups in total. The van der Waals surface area contributed by atoms with E-state index in [0.29, 0.717) is 5.92 Å². The van der Waals surface area contributed by atoms with Crippen LogP contribution in [0.15, 0.2) is 28.7 Å². The molecule has 1 unspecified atom stereocenters. The van der Waals surface area contributed by atoms with Crippen LogP contribution in [0.3, 0.4) is 0 Å². The van der Waals surface area contributed by atoms with Gasteiger partial charge in [-0.3, -0.25) is 9.69 Å². The molecular weight excluding hydrogens is 378 g/mol. The van der Waals surface area contributed by atoms with E-state index >= 15 is 0 Å². The molecule has 0 amide bonds. The lowest BCUT2D eigenvalue weighted by atomic mass is 9.64. The third-order valence-corrected chi connectivity index (χ3v) is 6.38. The summed E-state index contributed by atoms with van der Waals surface area (Å²) in [6, 6.07) is 8.19. The van der Waals surface area contributed by atoms with E-state index in [4.69, 9.17) is 4.74 Å². The summed E-state index contributed by atoms with van der Waals surface area (Å²) in [5.74, 6) is 0.593. The van der Waals surface area contributed by atoms with Crippen molar-refractivity contribution in [3.63, 3.8) is 0 Å². The molecule has 0 spiro atoms. The number of benzene rings is 1. The van der Waals surface area contributed by atoms with E-state index in [1.54, 1.807) is 0 Å². The van der Waals surface area contributed by atoms with Crippen LogP contribution in [0.1, 0.15) is 37.7 Å². The normalized spacial score (nSPS) is 30.9. The number of hydrogen-bond donors (Lipinski definition) is 0. The van der Waals surface area contributed by atoms with E-state index < -0.39 is 0 Å². The lowest BCUT2D eigenvalue weighted by Gasteiger charge is -2.46. The molecular formula is C18H23BrClNO2. The van der Waals surface area contributed by atoms with Gasteiger partial charge in [-0.2, -0.15) is 0 Å². The number of ether oxygens (including phenoxy) is 1. The van der Waals surface area contributed by atoms with E-state index in [2.05, 4.69) is 33.0 Å². The summed E-state index contributed by atoms with van der Waals surface area (Å²) in [6.45, 7) is 3.29. The number of nitrogens with zero attached hydrogens (tertiary/aromatic N) is 1. The largest absolute Gasteiger partial charge is 0.460 e. The highest BCUT2D eigenvalue weighted by molar-refractivity contribution is 9.10. The molecule has 2 bridgehead atoms. The minimum atomic E-state index is -0.382. The van der Waals surface area contributed by atoms with Crippen molar-refractivity contribution in [3.05, 3.63) is 34.3 Å². The molecule has 5 rings (SSSR count). The van der Waals surface area contributed by atoms with Gasteiger partial charge in [0.05, 0.1) is 5.41 Å². The first-order valence-electron chi connectivity index (χ1n) is 8.37. The Hall–Kier alpha value is -0.580. The van der Waals surface area contributed by atoms with Gasteiger partial charge in [-0.25, -0.2) is 0 Å². The van der Waals surface area contributed by atoms with Crippen LogP contribution in [0.5, 0.6) is 0 Å². The fourth-order valence-corrected chi connectivity index (χ4v) is 4.47. The maximum atomic E-state index is 12.9. The summed E-state index contributed by atoms with van der Waals surface area (Å²) >= 11 is 3.47. The summed E-state index contributed by atoms with van der Waals surface area (Å²) in [6.07, 6.45) is 5.45. The zero-order chi connectivity index (χ0) is 15.2. The quantitative estimate of drug-likeness (QED) is 0.720. The molecule has 3 saturated heterocycles. The molecule has 1 aliphatic carbocycles. The molecule has 0 aromatic heterocycles. The third kappa shape index (κ3) is 3.06. The van der Waals surface area contributed by atoms with Crippen molar-refractivity contribution >= 4 is 34.3 Å². The van der Waals surface area contributed by atoms with Crippen molar-refractivity contribution in [1.82, 2.24) is 4.90 Å². The average molecular weight is 401 g/mol. The van der Waals surface area contributed by atoms with Crippen LogP contribution in [0.2, 0.25) is 0 Å². The van der Waals surface area contributed by atoms with E-state index in [0.717, 1.165) is 35.8 Å². The SMILES string of the molecule is Cl.O=C(OC1CN2CCC1CC2)C1(c2ccc(Br)cc2)CCC1. The Morgan fingerprint density at radius 1 is 1.17 bits per heavy atom. The number of esters is 1. The van der Waals surface area contributed by atoms with E-state index in [1.807, 2.05) is 12.1 Å². The Morgan fingerprint density at radius 2 is 1.83 bits per heavy atom. The maximum absolute atomic E-state index is 12.9. The lowest BCUT2D eigenvalue weighted by molar-refractivity contribution is -0.169. The number of carbonyl (C=O) groups excluding carboxylic acids is 1. The highest BCUT2D eigenvalue weighted by atomic mass is 79.9. The summed E-state index contributed by atoms with van der Waals surface area (Å²) in [5, 5.41) is 0. The Morgan fingerprint density at radius 3 is 2.30 bits per heavy atom. The lowest BCUT2D eigenvalue weighted by Crippen LogP contribution is -2.54. The van der Waals surface area contributed by atoms with Crippen LogP contribution in [0.25, 0.3) is 0 Å². The van der Waals surface area contributed by atoms with Crippen molar-refractivity contribution in [3.8, 4) is 0 Å². The van der Waals surface area contributed by atoms with Crippen molar-refractivity contribution < 1.29 is 9.53 Å². The van der Waals surface area contributed by atoms with Crippen molar-refractivity contribution in [2.75, 3.05) is 19.6 Å². The summed E-state index contributed by atoms with van der Waals surface area (Å²) in [4.78, 5) is 15.4. The van der Waals surface area contributed by atoms with Gasteiger partial charge in [-0.1, -0.05) is 34.5 Å². The van der Waals surface area contributed by atoms with Gasteiger partial charge in [-0.05, 0) is 62.4 Å². The van der Waals surface area contributed by atoms with Crippen LogP contribution in [0.4, 0.5) is 0 Å². The van der Waals surface area contributed by atoms with Crippen LogP contribution < -0.4 is 0 Å². The van der Waals surface area contributed by atoms with Gasteiger partial charge in [0.15, 0.2) is 0 Å². The van der Waals surface area contributed by atoms with Crippen LogP contribution in [0, 0.1) is 5.92 Å². The van der Waals surface area contributed by atoms with E-state index in [-0.39, 0.29) is 29.9 Å². The molecule has 0 radical (unpaired) electrons. The monoisotopic (exact) mass is 399 g/mol. The van der Waals surface area contributed by atoms with Gasteiger partial charge in [0.2, 0.25) is 0 Å². The minimum Gasteiger partial charge on any atom is -0.460 e. The number of halogens is 2. The molecule has 3 heterocycles. The molecule has 1 aromatic carbocycles. The van der Waals surface area contributed by atoms with Gasteiger partial charge < -0.3 is 4.74 Å². The molecule has 1 atom stereocenters. The number of piperidine rings is 3. The topological polar surface area (TPSA) is 29.5 Å². The van der Waals surface area contributed by atoms with Crippen molar-refractivity contribution in [1.29, 1.82) is 0 Å². The minimum absolute atomic E-state index is 0. The molecule has 5 heteroatoms. The molecule has 1 aromatic rings. The van der Waals surface area contributed by atoms with E-state index in [1.165, 1.54) is 25.9 Å². The number of hydrogen-bond acceptors (Lipinski definition) is 3. The van der Waals surface area contributed by atoms with Crippen molar-refractivity contribution in [2.45, 2.75) is 43.6 Å². The molecule has 3 nitrogen and oxygen atoms in total. The molecule has 3 aliphatic heterocycles. The third-order valence-electron chi connectivity index (χ3n) is 5.85. The Kier molecular flexibility index (Phi) is 5.05. The van der Waals surface area contributed by atoms with Gasteiger partial charge in [-0.15, -0.1) is 12.4 Å². The highest BCUT2D eigenvalue weighted by Crippen LogP contribution is 2.46. The van der Waals surface area contributed by atoms with Crippen LogP contribution >= 0.6 is 28.3 Å². The average Bonchev–Trinajstić information content (AvgIpc) is 2.49. The van der Waals surface area contributed by atoms with Crippen LogP contribution in [-0.4, -0.2) is 36.6 Å². The number of rotatable bonds is 3. The fraction of sp³-hybridized carbons (Fsp3) is 0.611. The first-order valence-corrected chi connectivity index (χ1v) is 9.16. The predicted molar refractivity (Wildman–Crippen MR) is 96.0 cm³/mol. The van der Waals surface area contributed by atoms with Crippen molar-refractivity contribution in [2.24, 2.45) is 5.92 Å². The highest BCUT2D eigenvalue weighted by Gasteiger charge is 2.49. The molecule has 4 aliphatic rings. The first kappa shape index (κ1) is 17.2. The molecule has 1 saturated carbocycles. The number of carbonyl (C=O) groups is 1. The first-order chi connectivity index (χ1) is 10.7. The molecule has 23 heavy (non-hydrogen) atoms. The van der Waals surface area contributed by atoms with E-state index in [9.17, 15) is 4.79 Å². The zero-order valence-electron chi connectivity index (χ0n) is 13.2. The van der Waals surface area contributed by atoms with Gasteiger partial charge in [0, 0.05) is 11.0 Å². The second-order valence-corrected chi connectivity index (χ2v) is 7.94. The van der Waals surface area contributed by atoms with Crippen LogP contribution in [-0.2, 0) is 14.9 Å².